The van der Waals surface area contributed by atoms with E-state index in [1.165, 1.54) is 11.1 Å². The van der Waals surface area contributed by atoms with E-state index in [0.29, 0.717) is 13.0 Å². The highest BCUT2D eigenvalue weighted by molar-refractivity contribution is 5.75. The number of rotatable bonds is 3. The number of carbonyl (C=O) groups excluding carboxylic acids is 1. The van der Waals surface area contributed by atoms with Gasteiger partial charge >= 0.3 is 0 Å². The second kappa shape index (κ2) is 4.80. The fourth-order valence-corrected chi connectivity index (χ4v) is 1.40. The van der Waals surface area contributed by atoms with Crippen molar-refractivity contribution in [3.05, 3.63) is 35.4 Å². The second-order valence-corrected chi connectivity index (χ2v) is 3.53. The second-order valence-electron chi connectivity index (χ2n) is 3.53. The number of aryl methyl sites for hydroxylation is 1. The van der Waals surface area contributed by atoms with Gasteiger partial charge in [-0.3, -0.25) is 4.79 Å². The lowest BCUT2D eigenvalue weighted by Gasteiger charge is -2.17. The van der Waals surface area contributed by atoms with E-state index in [1.54, 1.807) is 4.90 Å². The molecule has 14 heavy (non-hydrogen) atoms. The van der Waals surface area contributed by atoms with E-state index in [2.05, 4.69) is 19.1 Å². The molecule has 2 nitrogen and oxygen atoms in total. The lowest BCUT2D eigenvalue weighted by molar-refractivity contribution is -0.130. The summed E-state index contributed by atoms with van der Waals surface area (Å²) in [6, 6.07) is 8.15. The summed E-state index contributed by atoms with van der Waals surface area (Å²) in [5.74, 6) is 0.188. The van der Waals surface area contributed by atoms with Gasteiger partial charge in [0.15, 0.2) is 0 Å². The van der Waals surface area contributed by atoms with Crippen LogP contribution < -0.4 is 0 Å². The Balaban J connectivity index is 2.69. The molecule has 0 aliphatic carbocycles. The highest BCUT2D eigenvalue weighted by atomic mass is 16.2. The first-order chi connectivity index (χ1) is 6.65. The molecule has 0 heterocycles. The first-order valence-corrected chi connectivity index (χ1v) is 4.93. The van der Waals surface area contributed by atoms with E-state index in [0.717, 1.165) is 0 Å². The molecule has 0 aromatic heterocycles. The van der Waals surface area contributed by atoms with Crippen molar-refractivity contribution in [3.8, 4) is 0 Å². The van der Waals surface area contributed by atoms with Gasteiger partial charge in [0.25, 0.3) is 0 Å². The summed E-state index contributed by atoms with van der Waals surface area (Å²) in [7, 11) is 1.85. The van der Waals surface area contributed by atoms with Crippen LogP contribution in [0.5, 0.6) is 0 Å². The monoisotopic (exact) mass is 191 g/mol. The molecule has 0 spiro atoms. The molecule has 0 aliphatic rings. The molecule has 0 saturated carbocycles. The topological polar surface area (TPSA) is 20.3 Å². The van der Waals surface area contributed by atoms with Crippen LogP contribution in [0.1, 0.15) is 24.5 Å². The van der Waals surface area contributed by atoms with Gasteiger partial charge in [-0.2, -0.15) is 0 Å². The molecule has 0 radical (unpaired) electrons. The number of carbonyl (C=O) groups is 1. The van der Waals surface area contributed by atoms with Crippen LogP contribution in [-0.4, -0.2) is 17.9 Å². The Morgan fingerprint density at radius 2 is 2.00 bits per heavy atom. The standard InChI is InChI=1S/C12H17NO/c1-4-12(14)13(3)9-11-8-6-5-7-10(11)2/h5-8H,4,9H2,1-3H3. The summed E-state index contributed by atoms with van der Waals surface area (Å²) in [6.45, 7) is 4.66. The minimum absolute atomic E-state index is 0.188. The van der Waals surface area contributed by atoms with Gasteiger partial charge in [-0.15, -0.1) is 0 Å². The van der Waals surface area contributed by atoms with Gasteiger partial charge in [0, 0.05) is 20.0 Å². The van der Waals surface area contributed by atoms with Crippen LogP contribution in [0.4, 0.5) is 0 Å². The Morgan fingerprint density at radius 3 is 2.57 bits per heavy atom. The smallest absolute Gasteiger partial charge is 0.222 e. The van der Waals surface area contributed by atoms with Crippen molar-refractivity contribution < 1.29 is 4.79 Å². The summed E-state index contributed by atoms with van der Waals surface area (Å²) in [6.07, 6.45) is 0.572. The van der Waals surface area contributed by atoms with E-state index in [-0.39, 0.29) is 5.91 Å². The fraction of sp³-hybridized carbons (Fsp3) is 0.417. The van der Waals surface area contributed by atoms with E-state index in [9.17, 15) is 4.79 Å². The molecule has 0 bridgehead atoms. The summed E-state index contributed by atoms with van der Waals surface area (Å²) < 4.78 is 0. The molecule has 0 N–H and O–H groups in total. The maximum Gasteiger partial charge on any atom is 0.222 e. The van der Waals surface area contributed by atoms with Gasteiger partial charge in [-0.25, -0.2) is 0 Å². The SMILES string of the molecule is CCC(=O)N(C)Cc1ccccc1C. The minimum Gasteiger partial charge on any atom is -0.341 e. The molecule has 1 aromatic carbocycles. The van der Waals surface area contributed by atoms with Crippen molar-refractivity contribution in [2.45, 2.75) is 26.8 Å². The molecule has 1 aromatic rings. The first kappa shape index (κ1) is 10.8. The third-order valence-corrected chi connectivity index (χ3v) is 2.40. The van der Waals surface area contributed by atoms with E-state index >= 15 is 0 Å². The molecule has 0 fully saturated rings. The molecule has 0 saturated heterocycles. The first-order valence-electron chi connectivity index (χ1n) is 4.93. The van der Waals surface area contributed by atoms with Crippen LogP contribution in [0.15, 0.2) is 24.3 Å². The Hall–Kier alpha value is -1.31. The van der Waals surface area contributed by atoms with Crippen molar-refractivity contribution in [1.29, 1.82) is 0 Å². The van der Waals surface area contributed by atoms with Crippen LogP contribution in [0.3, 0.4) is 0 Å². The normalized spacial score (nSPS) is 9.93. The van der Waals surface area contributed by atoms with Gasteiger partial charge in [0.1, 0.15) is 0 Å². The Morgan fingerprint density at radius 1 is 1.36 bits per heavy atom. The zero-order valence-electron chi connectivity index (χ0n) is 9.08. The van der Waals surface area contributed by atoms with E-state index in [4.69, 9.17) is 0 Å². The number of nitrogens with zero attached hydrogens (tertiary/aromatic N) is 1. The van der Waals surface area contributed by atoms with Crippen molar-refractivity contribution in [1.82, 2.24) is 4.90 Å². The summed E-state index contributed by atoms with van der Waals surface area (Å²) in [5, 5.41) is 0. The third-order valence-electron chi connectivity index (χ3n) is 2.40. The predicted octanol–water partition coefficient (Wildman–Crippen LogP) is 2.36. The van der Waals surface area contributed by atoms with Crippen molar-refractivity contribution in [3.63, 3.8) is 0 Å². The zero-order chi connectivity index (χ0) is 10.6. The van der Waals surface area contributed by atoms with Crippen molar-refractivity contribution in [2.75, 3.05) is 7.05 Å². The summed E-state index contributed by atoms with van der Waals surface area (Å²) in [5.41, 5.74) is 2.46. The van der Waals surface area contributed by atoms with E-state index in [1.807, 2.05) is 26.1 Å². The van der Waals surface area contributed by atoms with Gasteiger partial charge < -0.3 is 4.90 Å². The van der Waals surface area contributed by atoms with Crippen LogP contribution >= 0.6 is 0 Å². The molecule has 1 amide bonds. The Bertz CT molecular complexity index is 320. The van der Waals surface area contributed by atoms with Crippen molar-refractivity contribution in [2.24, 2.45) is 0 Å². The molecule has 0 atom stereocenters. The van der Waals surface area contributed by atoms with Gasteiger partial charge in [0.05, 0.1) is 0 Å². The quantitative estimate of drug-likeness (QED) is 0.718. The zero-order valence-corrected chi connectivity index (χ0v) is 9.08. The Kier molecular flexibility index (Phi) is 3.69. The molecule has 2 heteroatoms. The minimum atomic E-state index is 0.188. The fourth-order valence-electron chi connectivity index (χ4n) is 1.40. The van der Waals surface area contributed by atoms with Crippen LogP contribution in [-0.2, 0) is 11.3 Å². The van der Waals surface area contributed by atoms with Crippen molar-refractivity contribution >= 4 is 5.91 Å². The average molecular weight is 191 g/mol. The van der Waals surface area contributed by atoms with Gasteiger partial charge in [0.2, 0.25) is 5.91 Å². The molecule has 76 valence electrons. The van der Waals surface area contributed by atoms with Gasteiger partial charge in [-0.05, 0) is 18.1 Å². The van der Waals surface area contributed by atoms with Gasteiger partial charge in [-0.1, -0.05) is 31.2 Å². The summed E-state index contributed by atoms with van der Waals surface area (Å²) in [4.78, 5) is 13.1. The number of amides is 1. The average Bonchev–Trinajstić information content (AvgIpc) is 2.20. The number of benzene rings is 1. The van der Waals surface area contributed by atoms with Crippen LogP contribution in [0, 0.1) is 6.92 Å². The number of hydrogen-bond donors (Lipinski definition) is 0. The highest BCUT2D eigenvalue weighted by Gasteiger charge is 2.07. The molecular weight excluding hydrogens is 174 g/mol. The highest BCUT2D eigenvalue weighted by Crippen LogP contribution is 2.09. The maximum atomic E-state index is 11.4. The lowest BCUT2D eigenvalue weighted by atomic mass is 10.1. The molecule has 0 unspecified atom stereocenters. The van der Waals surface area contributed by atoms with Crippen LogP contribution in [0.25, 0.3) is 0 Å². The molecule has 1 rings (SSSR count). The van der Waals surface area contributed by atoms with E-state index < -0.39 is 0 Å². The largest absolute Gasteiger partial charge is 0.341 e. The lowest BCUT2D eigenvalue weighted by Crippen LogP contribution is -2.25. The Labute approximate surface area is 85.5 Å². The number of hydrogen-bond acceptors (Lipinski definition) is 1. The molecular formula is C12H17NO. The van der Waals surface area contributed by atoms with Crippen LogP contribution in [0.2, 0.25) is 0 Å². The predicted molar refractivity (Wildman–Crippen MR) is 57.9 cm³/mol. The third kappa shape index (κ3) is 2.59. The summed E-state index contributed by atoms with van der Waals surface area (Å²) >= 11 is 0. The molecule has 0 aliphatic heterocycles. The maximum absolute atomic E-state index is 11.4.